The van der Waals surface area contributed by atoms with Gasteiger partial charge in [0.15, 0.2) is 5.78 Å². The number of halogens is 4. The summed E-state index contributed by atoms with van der Waals surface area (Å²) in [5, 5.41) is 0. The molecule has 0 saturated heterocycles. The summed E-state index contributed by atoms with van der Waals surface area (Å²) in [5.74, 6) is -1.96. The van der Waals surface area contributed by atoms with Crippen molar-refractivity contribution >= 4 is 5.78 Å². The summed E-state index contributed by atoms with van der Waals surface area (Å²) in [5.41, 5.74) is -0.333. The first-order valence-corrected chi connectivity index (χ1v) is 6.33. The summed E-state index contributed by atoms with van der Waals surface area (Å²) in [6.45, 7) is 1.95. The molecule has 110 valence electrons. The minimum absolute atomic E-state index is 0.187. The van der Waals surface area contributed by atoms with E-state index in [2.05, 4.69) is 0 Å². The third-order valence-corrected chi connectivity index (χ3v) is 3.16. The maximum Gasteiger partial charge on any atom is 0.419 e. The van der Waals surface area contributed by atoms with Gasteiger partial charge in [-0.05, 0) is 30.2 Å². The lowest BCUT2D eigenvalue weighted by molar-refractivity contribution is -0.140. The van der Waals surface area contributed by atoms with Crippen molar-refractivity contribution in [1.82, 2.24) is 0 Å². The van der Waals surface area contributed by atoms with Gasteiger partial charge >= 0.3 is 6.18 Å². The molecular formula is C16H12F4O. The minimum atomic E-state index is -4.83. The van der Waals surface area contributed by atoms with Crippen LogP contribution in [0.15, 0.2) is 42.5 Å². The molecule has 0 atom stereocenters. The number of aryl methyl sites for hydroxylation is 1. The normalized spacial score (nSPS) is 11.5. The number of benzene rings is 2. The van der Waals surface area contributed by atoms with Crippen LogP contribution < -0.4 is 0 Å². The summed E-state index contributed by atoms with van der Waals surface area (Å²) in [6.07, 6.45) is -4.03. The van der Waals surface area contributed by atoms with E-state index in [4.69, 9.17) is 0 Å². The maximum atomic E-state index is 13.2. The van der Waals surface area contributed by atoms with Crippen LogP contribution >= 0.6 is 0 Å². The molecule has 21 heavy (non-hydrogen) atoms. The molecule has 2 aromatic rings. The van der Waals surface area contributed by atoms with Crippen molar-refractivity contribution in [2.45, 2.75) is 19.5 Å². The summed E-state index contributed by atoms with van der Waals surface area (Å²) in [6, 6.07) is 8.85. The van der Waals surface area contributed by atoms with Gasteiger partial charge in [-0.2, -0.15) is 13.2 Å². The van der Waals surface area contributed by atoms with Crippen LogP contribution in [-0.2, 0) is 12.6 Å². The number of carbonyl (C=O) groups is 1. The summed E-state index contributed by atoms with van der Waals surface area (Å²) >= 11 is 0. The zero-order valence-corrected chi connectivity index (χ0v) is 11.2. The van der Waals surface area contributed by atoms with E-state index < -0.39 is 23.3 Å². The highest BCUT2D eigenvalue weighted by molar-refractivity contribution is 6.09. The summed E-state index contributed by atoms with van der Waals surface area (Å²) < 4.78 is 51.1. The van der Waals surface area contributed by atoms with Gasteiger partial charge in [-0.1, -0.05) is 31.2 Å². The first kappa shape index (κ1) is 15.2. The highest BCUT2D eigenvalue weighted by Gasteiger charge is 2.34. The minimum Gasteiger partial charge on any atom is -0.289 e. The van der Waals surface area contributed by atoms with Gasteiger partial charge in [-0.25, -0.2) is 4.39 Å². The van der Waals surface area contributed by atoms with Crippen LogP contribution in [0.1, 0.15) is 34.0 Å². The second kappa shape index (κ2) is 5.68. The van der Waals surface area contributed by atoms with E-state index >= 15 is 0 Å². The zero-order chi connectivity index (χ0) is 15.6. The Hall–Kier alpha value is -2.17. The van der Waals surface area contributed by atoms with Crippen molar-refractivity contribution in [3.8, 4) is 0 Å². The van der Waals surface area contributed by atoms with Gasteiger partial charge in [0.25, 0.3) is 0 Å². The number of ketones is 1. The van der Waals surface area contributed by atoms with Crippen LogP contribution in [0.5, 0.6) is 0 Å². The molecule has 2 rings (SSSR count). The fourth-order valence-electron chi connectivity index (χ4n) is 1.94. The fourth-order valence-corrected chi connectivity index (χ4v) is 1.94. The van der Waals surface area contributed by atoms with Gasteiger partial charge in [-0.15, -0.1) is 0 Å². The maximum absolute atomic E-state index is 13.2. The number of hydrogen-bond acceptors (Lipinski definition) is 1. The smallest absolute Gasteiger partial charge is 0.289 e. The second-order valence-corrected chi connectivity index (χ2v) is 4.57. The Labute approximate surface area is 119 Å². The third kappa shape index (κ3) is 3.29. The standard InChI is InChI=1S/C16H12F4O/c1-2-10-3-5-11(6-4-10)15(21)12-7-8-14(17)13(9-12)16(18,19)20/h3-9H,2H2,1H3. The Morgan fingerprint density at radius 3 is 2.10 bits per heavy atom. The topological polar surface area (TPSA) is 17.1 Å². The van der Waals surface area contributed by atoms with Gasteiger partial charge in [0.1, 0.15) is 5.82 Å². The van der Waals surface area contributed by atoms with Gasteiger partial charge in [0.05, 0.1) is 5.56 Å². The Morgan fingerprint density at radius 1 is 1.00 bits per heavy atom. The van der Waals surface area contributed by atoms with Crippen molar-refractivity contribution in [3.05, 3.63) is 70.5 Å². The number of alkyl halides is 3. The molecule has 0 unspecified atom stereocenters. The lowest BCUT2D eigenvalue weighted by Crippen LogP contribution is -2.11. The lowest BCUT2D eigenvalue weighted by atomic mass is 9.99. The van der Waals surface area contributed by atoms with Gasteiger partial charge in [-0.3, -0.25) is 4.79 Å². The summed E-state index contributed by atoms with van der Waals surface area (Å²) in [4.78, 5) is 12.1. The molecule has 0 aliphatic carbocycles. The van der Waals surface area contributed by atoms with Crippen molar-refractivity contribution < 1.29 is 22.4 Å². The van der Waals surface area contributed by atoms with E-state index in [-0.39, 0.29) is 11.1 Å². The molecule has 0 amide bonds. The molecule has 0 radical (unpaired) electrons. The highest BCUT2D eigenvalue weighted by atomic mass is 19.4. The highest BCUT2D eigenvalue weighted by Crippen LogP contribution is 2.32. The predicted molar refractivity (Wildman–Crippen MR) is 70.7 cm³/mol. The van der Waals surface area contributed by atoms with E-state index in [1.165, 1.54) is 0 Å². The molecule has 5 heteroatoms. The Kier molecular flexibility index (Phi) is 4.11. The van der Waals surface area contributed by atoms with Crippen molar-refractivity contribution in [2.24, 2.45) is 0 Å². The van der Waals surface area contributed by atoms with Crippen LogP contribution in [0.2, 0.25) is 0 Å². The molecule has 0 saturated carbocycles. The first-order chi connectivity index (χ1) is 9.82. The molecule has 0 fully saturated rings. The van der Waals surface area contributed by atoms with Crippen LogP contribution in [0.25, 0.3) is 0 Å². The molecule has 0 heterocycles. The molecule has 0 aromatic heterocycles. The number of carbonyl (C=O) groups excluding carboxylic acids is 1. The predicted octanol–water partition coefficient (Wildman–Crippen LogP) is 4.64. The molecular weight excluding hydrogens is 284 g/mol. The molecule has 2 aromatic carbocycles. The average Bonchev–Trinajstić information content (AvgIpc) is 2.46. The second-order valence-electron chi connectivity index (χ2n) is 4.57. The van der Waals surface area contributed by atoms with Gasteiger partial charge in [0, 0.05) is 11.1 Å². The van der Waals surface area contributed by atoms with Crippen LogP contribution in [0, 0.1) is 5.82 Å². The molecule has 0 aliphatic rings. The van der Waals surface area contributed by atoms with Crippen LogP contribution in [0.3, 0.4) is 0 Å². The number of hydrogen-bond donors (Lipinski definition) is 0. The average molecular weight is 296 g/mol. The van der Waals surface area contributed by atoms with Gasteiger partial charge in [0.2, 0.25) is 0 Å². The Balaban J connectivity index is 2.39. The van der Waals surface area contributed by atoms with Crippen molar-refractivity contribution in [2.75, 3.05) is 0 Å². The first-order valence-electron chi connectivity index (χ1n) is 6.33. The van der Waals surface area contributed by atoms with E-state index in [1.807, 2.05) is 6.92 Å². The van der Waals surface area contributed by atoms with Crippen LogP contribution in [0.4, 0.5) is 17.6 Å². The van der Waals surface area contributed by atoms with Crippen molar-refractivity contribution in [3.63, 3.8) is 0 Å². The molecule has 0 N–H and O–H groups in total. The van der Waals surface area contributed by atoms with E-state index in [0.717, 1.165) is 18.1 Å². The van der Waals surface area contributed by atoms with E-state index in [0.29, 0.717) is 12.1 Å². The zero-order valence-electron chi connectivity index (χ0n) is 11.2. The summed E-state index contributed by atoms with van der Waals surface area (Å²) in [7, 11) is 0. The van der Waals surface area contributed by atoms with Crippen molar-refractivity contribution in [1.29, 1.82) is 0 Å². The quantitative estimate of drug-likeness (QED) is 0.596. The Morgan fingerprint density at radius 2 is 1.57 bits per heavy atom. The fraction of sp³-hybridized carbons (Fsp3) is 0.188. The largest absolute Gasteiger partial charge is 0.419 e. The molecule has 0 spiro atoms. The monoisotopic (exact) mass is 296 g/mol. The molecule has 0 bridgehead atoms. The van der Waals surface area contributed by atoms with E-state index in [9.17, 15) is 22.4 Å². The van der Waals surface area contributed by atoms with Gasteiger partial charge < -0.3 is 0 Å². The third-order valence-electron chi connectivity index (χ3n) is 3.16. The van der Waals surface area contributed by atoms with Crippen LogP contribution in [-0.4, -0.2) is 5.78 Å². The molecule has 1 nitrogen and oxygen atoms in total. The molecule has 0 aliphatic heterocycles. The number of rotatable bonds is 3. The van der Waals surface area contributed by atoms with E-state index in [1.54, 1.807) is 24.3 Å². The lowest BCUT2D eigenvalue weighted by Gasteiger charge is -2.10. The Bertz CT molecular complexity index is 657. The SMILES string of the molecule is CCc1ccc(C(=O)c2ccc(F)c(C(F)(F)F)c2)cc1.